The van der Waals surface area contributed by atoms with E-state index in [-0.39, 0.29) is 126 Å². The summed E-state index contributed by atoms with van der Waals surface area (Å²) >= 11 is 25.4. The molecule has 0 bridgehead atoms. The van der Waals surface area contributed by atoms with Crippen molar-refractivity contribution < 1.29 is 0 Å². The first kappa shape index (κ1) is 237. The summed E-state index contributed by atoms with van der Waals surface area (Å²) in [6.07, 6.45) is 0. The standard InChI is InChI=1S/12CH4.6BH2PS.6H2N/c;;;;;;;;;;;;6*2-1-3;;;;;;/h12*1H4;6*2H2;6*1H2/q;;;;;;;;;;;;;;;;;;6*-1. The maximum atomic E-state index is 4.23. The molecule has 0 aliphatic heterocycles. The molecule has 24 heteroatoms. The van der Waals surface area contributed by atoms with Crippen molar-refractivity contribution in [2.75, 3.05) is 0 Å². The van der Waals surface area contributed by atoms with Crippen LogP contribution < -0.4 is 0 Å². The fourth-order valence-corrected chi connectivity index (χ4v) is 0. The molecule has 0 fully saturated rings. The molecule has 0 aromatic carbocycles. The van der Waals surface area contributed by atoms with Crippen LogP contribution >= 0.6 is 127 Å². The molecule has 0 aromatic heterocycles. The summed E-state index contributed by atoms with van der Waals surface area (Å²) in [5.41, 5.74) is 0. The van der Waals surface area contributed by atoms with Crippen molar-refractivity contribution >= 4 is 162 Å². The Kier molecular flexibility index (Phi) is 3690. The molecular formula is C12H72B6N6P6S6-6. The van der Waals surface area contributed by atoms with Crippen molar-refractivity contribution in [3.63, 3.8) is 0 Å². The Balaban J connectivity index is -0.00000000198. The molecule has 0 saturated carbocycles. The van der Waals surface area contributed by atoms with E-state index in [9.17, 15) is 0 Å². The smallest absolute Gasteiger partial charge is 0.693 e. The Morgan fingerprint density at radius 1 is 0.222 bits per heavy atom. The summed E-state index contributed by atoms with van der Waals surface area (Å²) in [5, 5.41) is 0. The molecule has 12 N–H and O–H groups in total. The average molecular weight is 744 g/mol. The molecule has 6 nitrogen and oxygen atoms in total. The van der Waals surface area contributed by atoms with Crippen LogP contribution in [-0.4, -0.2) is 35.2 Å². The van der Waals surface area contributed by atoms with Gasteiger partial charge in [0.1, 0.15) is 0 Å². The van der Waals surface area contributed by atoms with Crippen LogP contribution in [0.25, 0.3) is 36.9 Å². The molecule has 0 aliphatic rings. The zero-order valence-electron chi connectivity index (χ0n) is 12.8. The summed E-state index contributed by atoms with van der Waals surface area (Å²) in [7, 11) is 13.6. The molecule has 0 aliphatic carbocycles. The topological polar surface area (TPSA) is 201 Å². The minimum atomic E-state index is 0. The van der Waals surface area contributed by atoms with Gasteiger partial charge in [-0.15, -0.1) is 0 Å². The molecule has 240 valence electrons. The number of rotatable bonds is 0. The zero-order chi connectivity index (χ0) is 16.2. The van der Waals surface area contributed by atoms with Crippen LogP contribution in [0.4, 0.5) is 0 Å². The Bertz CT molecular complexity index is 173. The zero-order valence-corrected chi connectivity index (χ0v) is 24.7. The Morgan fingerprint density at radius 2 is 0.222 bits per heavy atom. The van der Waals surface area contributed by atoms with E-state index in [4.69, 9.17) is 0 Å². The Hall–Kier alpha value is 4.05. The first-order valence-corrected chi connectivity index (χ1v) is 10.2. The quantitative estimate of drug-likeness (QED) is 0.174. The van der Waals surface area contributed by atoms with Gasteiger partial charge in [0.25, 0.3) is 0 Å². The van der Waals surface area contributed by atoms with Gasteiger partial charge in [-0.05, 0) is 0 Å². The van der Waals surface area contributed by atoms with Gasteiger partial charge in [0, 0.05) is 0 Å². The summed E-state index contributed by atoms with van der Waals surface area (Å²) in [6.45, 7) is 0. The molecular weight excluding hydrogens is 671 g/mol. The first-order valence-electron chi connectivity index (χ1n) is 3.41. The summed E-state index contributed by atoms with van der Waals surface area (Å²) in [5.74, 6) is 9.00. The molecule has 0 aromatic rings. The predicted octanol–water partition coefficient (Wildman–Crippen LogP) is 15.5. The molecule has 0 radical (unpaired) electrons. The predicted molar refractivity (Wildman–Crippen MR) is 251 cm³/mol. The van der Waals surface area contributed by atoms with Crippen LogP contribution in [0.1, 0.15) is 89.1 Å². The third-order valence-electron chi connectivity index (χ3n) is 0. The second-order valence-electron chi connectivity index (χ2n) is 0.816. The van der Waals surface area contributed by atoms with E-state index >= 15 is 0 Å². The van der Waals surface area contributed by atoms with Gasteiger partial charge in [-0.1, -0.05) is 89.1 Å². The minimum Gasteiger partial charge on any atom is -0.693 e. The van der Waals surface area contributed by atoms with Crippen molar-refractivity contribution in [1.29, 1.82) is 0 Å². The van der Waals surface area contributed by atoms with Crippen molar-refractivity contribution in [2.45, 2.75) is 89.1 Å². The number of nitrogens with two attached hydrogens (primary N) is 6. The second kappa shape index (κ2) is 560. The van der Waals surface area contributed by atoms with Gasteiger partial charge in [0.15, 0.2) is 0 Å². The monoisotopic (exact) mass is 744 g/mol. The van der Waals surface area contributed by atoms with Crippen LogP contribution in [0.2, 0.25) is 0 Å². The SMILES string of the molecule is C.C.C.C.C.C.C.C.C.C.C.C.PB=S.PB=S.PB=S.PB=S.PB=S.PB=S.[NH2-].[NH2-].[NH2-].[NH2-].[NH2-].[NH2-]. The maximum Gasteiger partial charge on any atom is -0.693 e. The number of hydrogen-bond donors (Lipinski definition) is 0. The van der Waals surface area contributed by atoms with Crippen molar-refractivity contribution in [2.24, 2.45) is 0 Å². The molecule has 0 saturated heterocycles. The first-order chi connectivity index (χ1) is 8.49. The summed E-state index contributed by atoms with van der Waals surface area (Å²) < 4.78 is 0. The van der Waals surface area contributed by atoms with Gasteiger partial charge >= 0.3 is 162 Å². The van der Waals surface area contributed by atoms with Crippen LogP contribution in [0.3, 0.4) is 0 Å². The third-order valence-corrected chi connectivity index (χ3v) is 0. The Labute approximate surface area is 286 Å². The second-order valence-corrected chi connectivity index (χ2v) is 7.35. The van der Waals surface area contributed by atoms with Gasteiger partial charge in [0.05, 0.1) is 0 Å². The van der Waals surface area contributed by atoms with E-state index in [1.165, 1.54) is 35.2 Å². The molecule has 0 spiro atoms. The molecule has 36 heavy (non-hydrogen) atoms. The molecule has 6 atom stereocenters. The van der Waals surface area contributed by atoms with Gasteiger partial charge in [-0.2, -0.15) is 0 Å². The van der Waals surface area contributed by atoms with E-state index in [0.717, 1.165) is 0 Å². The number of hydrogen-bond acceptors (Lipinski definition) is 6. The molecule has 0 rings (SSSR count). The van der Waals surface area contributed by atoms with Crippen LogP contribution in [0.5, 0.6) is 0 Å². The average Bonchev–Trinajstić information content (AvgIpc) is 2.23. The van der Waals surface area contributed by atoms with E-state index in [0.29, 0.717) is 0 Å². The summed E-state index contributed by atoms with van der Waals surface area (Å²) in [6, 6.07) is 0. The fraction of sp³-hybridized carbons (Fsp3) is 1.00. The molecule has 0 amide bonds. The molecule has 0 heterocycles. The third kappa shape index (κ3) is 3180. The van der Waals surface area contributed by atoms with E-state index in [1.807, 2.05) is 0 Å². The largest absolute Gasteiger partial charge is 0.693 e. The van der Waals surface area contributed by atoms with Gasteiger partial charge < -0.3 is 36.9 Å². The Morgan fingerprint density at radius 3 is 0.222 bits per heavy atom. The van der Waals surface area contributed by atoms with E-state index in [2.05, 4.69) is 127 Å². The normalized spacial score (nSPS) is 1.50. The summed E-state index contributed by atoms with van der Waals surface area (Å²) in [4.78, 5) is 0. The van der Waals surface area contributed by atoms with Gasteiger partial charge in [0.2, 0.25) is 0 Å². The van der Waals surface area contributed by atoms with Crippen molar-refractivity contribution in [1.82, 2.24) is 0 Å². The van der Waals surface area contributed by atoms with E-state index in [1.54, 1.807) is 0 Å². The maximum absolute atomic E-state index is 4.23. The van der Waals surface area contributed by atoms with Crippen molar-refractivity contribution in [3.05, 3.63) is 36.9 Å². The van der Waals surface area contributed by atoms with Crippen LogP contribution in [0, 0.1) is 0 Å². The van der Waals surface area contributed by atoms with Gasteiger partial charge in [-0.25, -0.2) is 0 Å². The minimum absolute atomic E-state index is 0. The van der Waals surface area contributed by atoms with Crippen LogP contribution in [0.15, 0.2) is 0 Å². The van der Waals surface area contributed by atoms with Crippen molar-refractivity contribution in [3.8, 4) is 0 Å². The van der Waals surface area contributed by atoms with Crippen LogP contribution in [-0.2, 0) is 0 Å². The van der Waals surface area contributed by atoms with Gasteiger partial charge in [-0.3, -0.25) is 0 Å². The van der Waals surface area contributed by atoms with E-state index < -0.39 is 0 Å². The fourth-order valence-electron chi connectivity index (χ4n) is 0. The molecule has 6 unspecified atom stereocenters.